The molecular weight excluding hydrogens is 640 g/mol. The molecule has 1 heterocycles. The lowest BCUT2D eigenvalue weighted by Crippen LogP contribution is -2.40. The number of benzene rings is 3. The number of hydrogen-bond acceptors (Lipinski definition) is 5. The van der Waals surface area contributed by atoms with E-state index in [0.29, 0.717) is 20.8 Å². The third-order valence-electron chi connectivity index (χ3n) is 6.71. The van der Waals surface area contributed by atoms with Crippen molar-refractivity contribution < 1.29 is 48.4 Å². The van der Waals surface area contributed by atoms with Gasteiger partial charge in [-0.25, -0.2) is 4.39 Å². The Balaban J connectivity index is 1.78. The van der Waals surface area contributed by atoms with Crippen LogP contribution in [0.3, 0.4) is 0 Å². The number of likely N-dealkylation sites (N-methyl/N-ethyl adjacent to an activating group) is 1. The fraction of sp³-hybridized carbons (Fsp3) is 0.378. The molecule has 0 bridgehead atoms. The molecule has 1 aliphatic rings. The van der Waals surface area contributed by atoms with Crippen LogP contribution >= 0.6 is 11.8 Å². The molecule has 1 unspecified atom stereocenters. The van der Waals surface area contributed by atoms with Crippen LogP contribution in [-0.2, 0) is 42.5 Å². The first kappa shape index (κ1) is 18.2. The molecule has 0 N–H and O–H groups in total. The minimum absolute atomic E-state index is 0.0106. The summed E-state index contributed by atoms with van der Waals surface area (Å²) < 4.78 is 219. The minimum Gasteiger partial charge on any atom is -0.336 e. The van der Waals surface area contributed by atoms with E-state index in [4.69, 9.17) is 20.6 Å². The topological polar surface area (TPSA) is 58.4 Å². The van der Waals surface area contributed by atoms with Gasteiger partial charge in [0.05, 0.1) is 16.5 Å². The molecule has 254 valence electrons. The molecule has 3 aromatic carbocycles. The van der Waals surface area contributed by atoms with Crippen molar-refractivity contribution >= 4 is 17.7 Å². The number of carbonyl (C=O) groups is 1. The lowest BCUT2D eigenvalue weighted by molar-refractivity contribution is -0.137. The number of aromatic nitrogens is 2. The van der Waals surface area contributed by atoms with E-state index in [9.17, 15) is 27.8 Å². The highest BCUT2D eigenvalue weighted by Crippen LogP contribution is 2.32. The van der Waals surface area contributed by atoms with Crippen LogP contribution in [0, 0.1) is 11.7 Å². The van der Waals surface area contributed by atoms with E-state index in [-0.39, 0.29) is 42.8 Å². The van der Waals surface area contributed by atoms with Crippen LogP contribution in [0.25, 0.3) is 11.1 Å². The highest BCUT2D eigenvalue weighted by molar-refractivity contribution is 7.98. The second-order valence-electron chi connectivity index (χ2n) is 10.00. The predicted molar refractivity (Wildman–Crippen MR) is 181 cm³/mol. The summed E-state index contributed by atoms with van der Waals surface area (Å²) in [7, 11) is 0. The van der Waals surface area contributed by atoms with Gasteiger partial charge in [-0.1, -0.05) is 81.0 Å². The van der Waals surface area contributed by atoms with Gasteiger partial charge >= 0.3 is 6.18 Å². The quantitative estimate of drug-likeness (QED) is 0.0824. The first-order chi connectivity index (χ1) is 30.1. The number of fused-ring (bicyclic) bond motifs is 1. The van der Waals surface area contributed by atoms with Gasteiger partial charge in [0.2, 0.25) is 5.91 Å². The Morgan fingerprint density at radius 1 is 1.02 bits per heavy atom. The summed E-state index contributed by atoms with van der Waals surface area (Å²) in [6.07, 6.45) is -11.4. The summed E-state index contributed by atoms with van der Waals surface area (Å²) in [5.41, 5.74) is -5.37. The van der Waals surface area contributed by atoms with E-state index in [0.717, 1.165) is 24.3 Å². The predicted octanol–water partition coefficient (Wildman–Crippen LogP) is 7.47. The average molecular weight is 700 g/mol. The summed E-state index contributed by atoms with van der Waals surface area (Å²) in [5, 5.41) is -1.07. The summed E-state index contributed by atoms with van der Waals surface area (Å²) in [4.78, 5) is 32.2. The molecule has 0 spiro atoms. The highest BCUT2D eigenvalue weighted by Gasteiger charge is 2.30. The number of thioether (sulfide) groups is 1. The Morgan fingerprint density at radius 3 is 2.25 bits per heavy atom. The first-order valence-electron chi connectivity index (χ1n) is 23.6. The van der Waals surface area contributed by atoms with E-state index < -0.39 is 139 Å². The van der Waals surface area contributed by atoms with E-state index in [2.05, 4.69) is 4.98 Å². The normalized spacial score (nSPS) is 25.3. The second-order valence-corrected chi connectivity index (χ2v) is 10.9. The Hall–Kier alpha value is -3.96. The molecule has 0 fully saturated rings. The van der Waals surface area contributed by atoms with Crippen molar-refractivity contribution in [3.63, 3.8) is 0 Å². The number of alkyl halides is 3. The van der Waals surface area contributed by atoms with E-state index in [1.807, 2.05) is 0 Å². The summed E-state index contributed by atoms with van der Waals surface area (Å²) in [5.74, 6) is -7.60. The van der Waals surface area contributed by atoms with Crippen LogP contribution in [0.1, 0.15) is 74.8 Å². The summed E-state index contributed by atoms with van der Waals surface area (Å²) in [6, 6.07) is 4.65. The molecule has 0 saturated carbocycles. The van der Waals surface area contributed by atoms with E-state index in [1.54, 1.807) is 0 Å². The fourth-order valence-corrected chi connectivity index (χ4v) is 5.18. The lowest BCUT2D eigenvalue weighted by Gasteiger charge is -2.28. The highest BCUT2D eigenvalue weighted by atomic mass is 32.2. The number of amides is 1. The number of rotatable bonds is 13. The maximum atomic E-state index is 15.2. The molecule has 1 aromatic heterocycles. The van der Waals surface area contributed by atoms with Crippen molar-refractivity contribution in [2.75, 3.05) is 26.0 Å². The zero-order chi connectivity index (χ0) is 51.4. The van der Waals surface area contributed by atoms with Crippen LogP contribution < -0.4 is 5.56 Å². The smallest absolute Gasteiger partial charge is 0.336 e. The molecular formula is C37H40F4N4O2S. The van der Waals surface area contributed by atoms with Crippen molar-refractivity contribution in [3.8, 4) is 11.1 Å². The second kappa shape index (κ2) is 15.5. The lowest BCUT2D eigenvalue weighted by atomic mass is 10.0. The van der Waals surface area contributed by atoms with Gasteiger partial charge in [-0.15, -0.1) is 0 Å². The maximum Gasteiger partial charge on any atom is 0.416 e. The molecule has 5 rings (SSSR count). The van der Waals surface area contributed by atoms with Gasteiger partial charge in [0.15, 0.2) is 5.16 Å². The van der Waals surface area contributed by atoms with Gasteiger partial charge < -0.3 is 14.4 Å². The minimum atomic E-state index is -4.66. The molecule has 4 aromatic rings. The Kier molecular flexibility index (Phi) is 5.86. The van der Waals surface area contributed by atoms with Crippen LogP contribution in [-0.4, -0.2) is 51.2 Å². The van der Waals surface area contributed by atoms with Crippen molar-refractivity contribution in [2.45, 2.75) is 63.6 Å². The Bertz CT molecular complexity index is 2610. The maximum absolute atomic E-state index is 15.2. The van der Waals surface area contributed by atoms with Crippen molar-refractivity contribution in [3.05, 3.63) is 117 Å². The van der Waals surface area contributed by atoms with Crippen molar-refractivity contribution in [1.82, 2.24) is 19.4 Å². The van der Waals surface area contributed by atoms with Gasteiger partial charge in [0, 0.05) is 51.6 Å². The zero-order valence-electron chi connectivity index (χ0n) is 44.6. The molecule has 48 heavy (non-hydrogen) atoms. The SMILES string of the molecule is [2H]c1c([2H])c(CSc2nc(=O)c3c(n2C([2H])([2H])C(=O)N(Cc2ccc(-c4ccc(C(F)(F)F)cc4)cc2)C([2H])([2H])C([2H])([2H])N(C([2H])([2H])C)C([2H])([2H])C)C([2H])([2H])C([2H])(C)C3([2H])[2H])c([2H])c([2H])c1F. The molecule has 1 amide bonds. The van der Waals surface area contributed by atoms with Crippen LogP contribution in [0.4, 0.5) is 17.6 Å². The van der Waals surface area contributed by atoms with Crippen LogP contribution in [0.5, 0.6) is 0 Å². The molecule has 11 heteroatoms. The average Bonchev–Trinajstić information content (AvgIpc) is 3.29. The number of hydrogen-bond donors (Lipinski definition) is 0. The number of carbonyl (C=O) groups excluding carboxylic acids is 1. The molecule has 0 radical (unpaired) electrons. The first-order valence-corrected chi connectivity index (χ1v) is 15.0. The van der Waals surface area contributed by atoms with Gasteiger partial charge in [-0.2, -0.15) is 18.2 Å². The largest absolute Gasteiger partial charge is 0.416 e. The molecule has 0 aliphatic heterocycles. The van der Waals surface area contributed by atoms with Gasteiger partial charge in [0.25, 0.3) is 5.56 Å². The van der Waals surface area contributed by atoms with Gasteiger partial charge in [-0.3, -0.25) is 9.59 Å². The fourth-order valence-electron chi connectivity index (χ4n) is 4.35. The number of nitrogens with zero attached hydrogens (tertiary/aromatic N) is 4. The number of halogens is 4. The standard InChI is InChI=1S/C37H40F4N4O2S/c1-4-43(5-2)18-19-44(22-26-6-10-28(11-7-26)29-12-14-30(15-13-29)37(39,40)41)34(46)23-45-33-21-25(3)20-32(33)35(47)42-36(45)48-24-27-8-16-31(38)17-9-27/h6-17,25H,4-5,18-24H2,1-3H3/i4D2,5D2,8D,9D,16D,17D,18D2,19D2,20D2,21D2,23D2,25D. The van der Waals surface area contributed by atoms with Gasteiger partial charge in [-0.05, 0) is 78.1 Å². The summed E-state index contributed by atoms with van der Waals surface area (Å²) in [6.45, 7) is -17.4. The molecule has 6 nitrogen and oxygen atoms in total. The van der Waals surface area contributed by atoms with Gasteiger partial charge in [0.1, 0.15) is 12.3 Å². The van der Waals surface area contributed by atoms with E-state index >= 15 is 4.79 Å². The monoisotopic (exact) mass is 699 g/mol. The zero-order valence-corrected chi connectivity index (χ0v) is 26.4. The van der Waals surface area contributed by atoms with Crippen molar-refractivity contribution in [1.29, 1.82) is 0 Å². The Morgan fingerprint density at radius 2 is 1.65 bits per heavy atom. The molecule has 1 atom stereocenters. The summed E-state index contributed by atoms with van der Waals surface area (Å²) >= 11 is 0.143. The van der Waals surface area contributed by atoms with Crippen LogP contribution in [0.15, 0.2) is 82.7 Å². The Labute approximate surface area is 309 Å². The van der Waals surface area contributed by atoms with E-state index in [1.165, 1.54) is 24.3 Å². The molecule has 1 aliphatic carbocycles. The van der Waals surface area contributed by atoms with Crippen LogP contribution in [0.2, 0.25) is 0 Å². The third kappa shape index (κ3) is 8.73. The van der Waals surface area contributed by atoms with Crippen molar-refractivity contribution in [2.24, 2.45) is 5.89 Å². The molecule has 0 saturated heterocycles. The third-order valence-corrected chi connectivity index (χ3v) is 7.67.